The van der Waals surface area contributed by atoms with Gasteiger partial charge in [-0.3, -0.25) is 0 Å². The Morgan fingerprint density at radius 2 is 1.85 bits per heavy atom. The van der Waals surface area contributed by atoms with Crippen LogP contribution in [0.2, 0.25) is 5.02 Å². The van der Waals surface area contributed by atoms with Gasteiger partial charge in [0.1, 0.15) is 0 Å². The van der Waals surface area contributed by atoms with Gasteiger partial charge in [-0.05, 0) is 5.02 Å². The first-order chi connectivity index (χ1) is 5.36. The van der Waals surface area contributed by atoms with Crippen molar-refractivity contribution in [3.05, 3.63) is 47.5 Å². The molecule has 62 valence electrons. The molecule has 0 N–H and O–H groups in total. The predicted octanol–water partition coefficient (Wildman–Crippen LogP) is -0.0834. The molecule has 0 amide bonds. The Balaban J connectivity index is 0.000000720. The molecule has 0 spiro atoms. The van der Waals surface area contributed by atoms with Gasteiger partial charge in [0.25, 0.3) is 0 Å². The number of fused-ring (bicyclic) bond motifs is 1. The van der Waals surface area contributed by atoms with Crippen LogP contribution in [0.5, 0.6) is 0 Å². The van der Waals surface area contributed by atoms with E-state index in [4.69, 9.17) is 11.6 Å². The van der Waals surface area contributed by atoms with E-state index < -0.39 is 0 Å². The summed E-state index contributed by atoms with van der Waals surface area (Å²) in [4.78, 5) is 0. The monoisotopic (exact) mass is 264 g/mol. The van der Waals surface area contributed by atoms with Crippen LogP contribution in [-0.2, 0) is 0 Å². The van der Waals surface area contributed by atoms with Crippen molar-refractivity contribution in [1.82, 2.24) is 0 Å². The van der Waals surface area contributed by atoms with E-state index in [1.807, 2.05) is 30.3 Å². The fourth-order valence-electron chi connectivity index (χ4n) is 1.09. The second-order valence-electron chi connectivity index (χ2n) is 2.41. The number of benzene rings is 2. The van der Waals surface area contributed by atoms with Crippen LogP contribution in [0.25, 0.3) is 10.8 Å². The molecular weight excluding hydrogens is 260 g/mol. The summed E-state index contributed by atoms with van der Waals surface area (Å²) in [5.74, 6) is 0. The van der Waals surface area contributed by atoms with Gasteiger partial charge in [-0.15, -0.1) is 52.7 Å². The Hall–Kier alpha value is 0.236. The van der Waals surface area contributed by atoms with E-state index in [1.54, 1.807) is 6.07 Å². The molecule has 0 atom stereocenters. The second kappa shape index (κ2) is 5.86. The van der Waals surface area contributed by atoms with Crippen molar-refractivity contribution < 1.29 is 17.0 Å². The molecule has 0 aliphatic carbocycles. The molecule has 3 heteroatoms. The van der Waals surface area contributed by atoms with Crippen LogP contribution in [0.1, 0.15) is 0 Å². The second-order valence-corrected chi connectivity index (χ2v) is 2.84. The zero-order chi connectivity index (χ0) is 7.68. The third kappa shape index (κ3) is 3.13. The summed E-state index contributed by atoms with van der Waals surface area (Å²) in [6, 6.07) is 14.8. The minimum Gasteiger partial charge on any atom is -1.00 e. The summed E-state index contributed by atoms with van der Waals surface area (Å²) in [7, 11) is 0. The quantitative estimate of drug-likeness (QED) is 0.462. The Kier molecular flexibility index (Phi) is 5.97. The van der Waals surface area contributed by atoms with Crippen LogP contribution in [0.4, 0.5) is 0 Å². The van der Waals surface area contributed by atoms with Gasteiger partial charge in [-0.2, -0.15) is 0 Å². The molecule has 0 radical (unpaired) electrons. The van der Waals surface area contributed by atoms with E-state index in [0.717, 1.165) is 15.8 Å². The minimum atomic E-state index is 0. The first kappa shape index (κ1) is 13.2. The molecule has 0 saturated heterocycles. The van der Waals surface area contributed by atoms with Crippen molar-refractivity contribution in [1.29, 1.82) is 0 Å². The van der Waals surface area contributed by atoms with Crippen molar-refractivity contribution in [2.45, 2.75) is 0 Å². The molecule has 0 unspecified atom stereocenters. The van der Waals surface area contributed by atoms with Gasteiger partial charge < -0.3 is 17.0 Å². The number of rotatable bonds is 0. The van der Waals surface area contributed by atoms with Crippen LogP contribution < -0.4 is 17.0 Å². The summed E-state index contributed by atoms with van der Waals surface area (Å²) >= 11 is 5.79. The zero-order valence-electron chi connectivity index (χ0n) is 6.93. The van der Waals surface area contributed by atoms with Crippen LogP contribution in [0, 0.1) is 6.07 Å². The van der Waals surface area contributed by atoms with Gasteiger partial charge in [-0.25, -0.2) is 0 Å². The molecule has 0 aromatic heterocycles. The molecule has 0 nitrogen and oxygen atoms in total. The summed E-state index contributed by atoms with van der Waals surface area (Å²) in [6.45, 7) is 0. The van der Waals surface area contributed by atoms with E-state index >= 15 is 0 Å². The van der Waals surface area contributed by atoms with E-state index in [1.165, 1.54) is 0 Å². The average Bonchev–Trinajstić information content (AvgIpc) is 2.04. The van der Waals surface area contributed by atoms with Crippen molar-refractivity contribution in [2.75, 3.05) is 0 Å². The van der Waals surface area contributed by atoms with E-state index in [2.05, 4.69) is 6.07 Å². The number of hydrogen-bond acceptors (Lipinski definition) is 0. The normalized spacial score (nSPS) is 8.69. The maximum Gasteiger partial charge on any atom is 2.00 e. The Labute approximate surface area is 109 Å². The van der Waals surface area contributed by atoms with Gasteiger partial charge in [-0.1, -0.05) is 12.1 Å². The summed E-state index contributed by atoms with van der Waals surface area (Å²) < 4.78 is 0. The smallest absolute Gasteiger partial charge is 1.00 e. The third-order valence-corrected chi connectivity index (χ3v) is 1.84. The third-order valence-electron chi connectivity index (χ3n) is 1.62. The maximum atomic E-state index is 5.79. The van der Waals surface area contributed by atoms with Gasteiger partial charge in [0.05, 0.1) is 0 Å². The summed E-state index contributed by atoms with van der Waals surface area (Å²) in [5.41, 5.74) is 0. The maximum absolute atomic E-state index is 5.79. The van der Waals surface area contributed by atoms with Gasteiger partial charge in [0.15, 0.2) is 0 Å². The van der Waals surface area contributed by atoms with Crippen molar-refractivity contribution in [2.24, 2.45) is 0 Å². The molecule has 0 bridgehead atoms. The van der Waals surface area contributed by atoms with Gasteiger partial charge in [0, 0.05) is 0 Å². The van der Waals surface area contributed by atoms with E-state index in [0.29, 0.717) is 0 Å². The fourth-order valence-corrected chi connectivity index (χ4v) is 1.26. The standard InChI is InChI=1S/C10H6Cl.BrH.Mg/c11-10-6-5-8-3-1-2-4-9(8)7-10;;/h1-4,6-7H;1H;/q-1;;+2/p-1. The predicted molar refractivity (Wildman–Crippen MR) is 53.5 cm³/mol. The molecule has 2 aromatic carbocycles. The number of hydrogen-bond donors (Lipinski definition) is 0. The molecule has 2 aromatic rings. The van der Waals surface area contributed by atoms with Crippen LogP contribution in [0.3, 0.4) is 0 Å². The Morgan fingerprint density at radius 3 is 2.62 bits per heavy atom. The van der Waals surface area contributed by atoms with Gasteiger partial charge >= 0.3 is 23.1 Å². The topological polar surface area (TPSA) is 0 Å². The van der Waals surface area contributed by atoms with Crippen molar-refractivity contribution >= 4 is 45.4 Å². The molecule has 2 rings (SSSR count). The van der Waals surface area contributed by atoms with Crippen LogP contribution in [0.15, 0.2) is 36.4 Å². The van der Waals surface area contributed by atoms with Crippen molar-refractivity contribution in [3.63, 3.8) is 0 Å². The molecule has 0 saturated carbocycles. The Bertz CT molecular complexity index is 389. The van der Waals surface area contributed by atoms with Gasteiger partial charge in [0.2, 0.25) is 0 Å². The summed E-state index contributed by atoms with van der Waals surface area (Å²) in [5, 5.41) is 2.99. The molecule has 0 aliphatic rings. The van der Waals surface area contributed by atoms with Crippen molar-refractivity contribution in [3.8, 4) is 0 Å². The summed E-state index contributed by atoms with van der Waals surface area (Å²) in [6.07, 6.45) is 0. The molecule has 0 aliphatic heterocycles. The molecule has 0 heterocycles. The van der Waals surface area contributed by atoms with Crippen LogP contribution >= 0.6 is 11.6 Å². The first-order valence-electron chi connectivity index (χ1n) is 3.42. The van der Waals surface area contributed by atoms with E-state index in [9.17, 15) is 0 Å². The average molecular weight is 266 g/mol. The fraction of sp³-hybridized carbons (Fsp3) is 0. The largest absolute Gasteiger partial charge is 2.00 e. The molecule has 13 heavy (non-hydrogen) atoms. The van der Waals surface area contributed by atoms with E-state index in [-0.39, 0.29) is 40.0 Å². The SMILES string of the molecule is Clc1c[c-]c2ccccc2c1.[Br-].[Mg+2]. The zero-order valence-corrected chi connectivity index (χ0v) is 10.7. The first-order valence-corrected chi connectivity index (χ1v) is 3.80. The van der Waals surface area contributed by atoms with Crippen LogP contribution in [-0.4, -0.2) is 23.1 Å². The minimum absolute atomic E-state index is 0. The number of halogens is 2. The molecular formula is C10H6BrClMg. The Morgan fingerprint density at radius 1 is 1.15 bits per heavy atom. The molecule has 0 fully saturated rings.